The maximum absolute atomic E-state index is 12.7. The highest BCUT2D eigenvalue weighted by Crippen LogP contribution is 2.11. The smallest absolute Gasteiger partial charge is 0.251 e. The molecule has 2 aromatic carbocycles. The molecule has 2 aromatic rings. The molecule has 0 unspecified atom stereocenters. The summed E-state index contributed by atoms with van der Waals surface area (Å²) < 4.78 is 19.2. The normalized spacial score (nSPS) is 10.3. The van der Waals surface area contributed by atoms with Gasteiger partial charge in [0, 0.05) is 15.7 Å². The van der Waals surface area contributed by atoms with Gasteiger partial charge in [-0.2, -0.15) is 0 Å². The molecule has 1 N–H and O–H groups in total. The minimum atomic E-state index is -0.273. The summed E-state index contributed by atoms with van der Waals surface area (Å²) in [5, 5.41) is 2.88. The summed E-state index contributed by atoms with van der Waals surface area (Å²) in [6.07, 6.45) is 1.65. The van der Waals surface area contributed by atoms with E-state index in [4.69, 9.17) is 4.74 Å². The Morgan fingerprint density at radius 1 is 1.14 bits per heavy atom. The molecule has 0 saturated heterocycles. The van der Waals surface area contributed by atoms with Crippen LogP contribution in [0.3, 0.4) is 0 Å². The lowest BCUT2D eigenvalue weighted by atomic mass is 10.2. The maximum atomic E-state index is 12.7. The van der Waals surface area contributed by atoms with Crippen LogP contribution in [0.1, 0.15) is 23.2 Å². The first-order valence-electron chi connectivity index (χ1n) is 7.07. The Morgan fingerprint density at radius 2 is 1.91 bits per heavy atom. The number of carbonyl (C=O) groups excluding carboxylic acids is 1. The van der Waals surface area contributed by atoms with Gasteiger partial charge in [-0.25, -0.2) is 4.39 Å². The first-order chi connectivity index (χ1) is 10.6. The van der Waals surface area contributed by atoms with Crippen LogP contribution in [0.15, 0.2) is 48.5 Å². The van der Waals surface area contributed by atoms with Crippen LogP contribution in [0.25, 0.3) is 0 Å². The molecule has 116 valence electrons. The predicted octanol–water partition coefficient (Wildman–Crippen LogP) is 4.02. The Kier molecular flexibility index (Phi) is 6.64. The Morgan fingerprint density at radius 3 is 2.64 bits per heavy atom. The lowest BCUT2D eigenvalue weighted by Gasteiger charge is -2.07. The molecule has 22 heavy (non-hydrogen) atoms. The van der Waals surface area contributed by atoms with Crippen LogP contribution in [0.4, 0.5) is 4.39 Å². The van der Waals surface area contributed by atoms with Crippen molar-refractivity contribution >= 4 is 28.5 Å². The predicted molar refractivity (Wildman–Crippen MR) is 92.6 cm³/mol. The topological polar surface area (TPSA) is 38.3 Å². The fraction of sp³-hybridized carbons (Fsp3) is 0.235. The average Bonchev–Trinajstić information content (AvgIpc) is 2.52. The molecule has 0 heterocycles. The van der Waals surface area contributed by atoms with Gasteiger partial charge in [0.2, 0.25) is 0 Å². The van der Waals surface area contributed by atoms with E-state index < -0.39 is 0 Å². The highest BCUT2D eigenvalue weighted by molar-refractivity contribution is 14.1. The first kappa shape index (κ1) is 16.7. The number of amides is 1. The van der Waals surface area contributed by atoms with Crippen molar-refractivity contribution in [2.75, 3.05) is 13.2 Å². The number of hydrogen-bond donors (Lipinski definition) is 1. The second-order valence-electron chi connectivity index (χ2n) is 4.78. The number of unbranched alkanes of at least 4 members (excludes halogenated alkanes) is 1. The highest BCUT2D eigenvalue weighted by Gasteiger charge is 2.04. The number of hydrogen-bond acceptors (Lipinski definition) is 2. The standard InChI is InChI=1S/C17H17FINO2/c18-14-6-8-16(9-7-14)22-11-2-1-10-20-17(21)13-4-3-5-15(19)12-13/h3-9,12H,1-2,10-11H2,(H,20,21). The number of benzene rings is 2. The third-order valence-electron chi connectivity index (χ3n) is 3.03. The Bertz CT molecular complexity index is 616. The van der Waals surface area contributed by atoms with Gasteiger partial charge in [-0.3, -0.25) is 4.79 Å². The summed E-state index contributed by atoms with van der Waals surface area (Å²) >= 11 is 2.18. The van der Waals surface area contributed by atoms with Crippen molar-refractivity contribution in [2.45, 2.75) is 12.8 Å². The van der Waals surface area contributed by atoms with Crippen LogP contribution in [0.2, 0.25) is 0 Å². The van der Waals surface area contributed by atoms with Crippen LogP contribution in [-0.4, -0.2) is 19.1 Å². The van der Waals surface area contributed by atoms with Crippen molar-refractivity contribution in [2.24, 2.45) is 0 Å². The summed E-state index contributed by atoms with van der Waals surface area (Å²) in [7, 11) is 0. The molecule has 2 rings (SSSR count). The van der Waals surface area contributed by atoms with E-state index in [9.17, 15) is 9.18 Å². The Hall–Kier alpha value is -1.63. The third kappa shape index (κ3) is 5.63. The van der Waals surface area contributed by atoms with E-state index in [2.05, 4.69) is 27.9 Å². The molecule has 0 radical (unpaired) electrons. The summed E-state index contributed by atoms with van der Waals surface area (Å²) in [5.41, 5.74) is 0.675. The number of carbonyl (C=O) groups is 1. The van der Waals surface area contributed by atoms with E-state index in [1.807, 2.05) is 18.2 Å². The fourth-order valence-electron chi connectivity index (χ4n) is 1.88. The van der Waals surface area contributed by atoms with Crippen molar-refractivity contribution in [1.82, 2.24) is 5.32 Å². The second kappa shape index (κ2) is 8.73. The molecule has 3 nitrogen and oxygen atoms in total. The van der Waals surface area contributed by atoms with Gasteiger partial charge in [-0.05, 0) is 77.9 Å². The highest BCUT2D eigenvalue weighted by atomic mass is 127. The second-order valence-corrected chi connectivity index (χ2v) is 6.02. The number of halogens is 2. The van der Waals surface area contributed by atoms with Crippen LogP contribution in [0.5, 0.6) is 5.75 Å². The SMILES string of the molecule is O=C(NCCCCOc1ccc(F)cc1)c1cccc(I)c1. The van der Waals surface area contributed by atoms with E-state index in [0.29, 0.717) is 24.5 Å². The van der Waals surface area contributed by atoms with Gasteiger partial charge in [0.25, 0.3) is 5.91 Å². The summed E-state index contributed by atoms with van der Waals surface area (Å²) in [5.74, 6) is 0.327. The molecule has 0 saturated carbocycles. The van der Waals surface area contributed by atoms with E-state index in [-0.39, 0.29) is 11.7 Å². The van der Waals surface area contributed by atoms with Gasteiger partial charge in [0.1, 0.15) is 11.6 Å². The van der Waals surface area contributed by atoms with Crippen LogP contribution < -0.4 is 10.1 Å². The number of rotatable bonds is 7. The molecule has 0 aliphatic heterocycles. The molecule has 0 atom stereocenters. The number of nitrogens with one attached hydrogen (secondary N) is 1. The van der Waals surface area contributed by atoms with Crippen molar-refractivity contribution < 1.29 is 13.9 Å². The lowest BCUT2D eigenvalue weighted by molar-refractivity contribution is 0.0952. The van der Waals surface area contributed by atoms with Gasteiger partial charge >= 0.3 is 0 Å². The molecule has 1 amide bonds. The van der Waals surface area contributed by atoms with Gasteiger partial charge in [-0.1, -0.05) is 6.07 Å². The van der Waals surface area contributed by atoms with E-state index in [1.54, 1.807) is 18.2 Å². The van der Waals surface area contributed by atoms with Crippen molar-refractivity contribution in [1.29, 1.82) is 0 Å². The zero-order valence-corrected chi connectivity index (χ0v) is 14.2. The first-order valence-corrected chi connectivity index (χ1v) is 8.15. The van der Waals surface area contributed by atoms with E-state index in [1.165, 1.54) is 12.1 Å². The number of ether oxygens (including phenoxy) is 1. The molecule has 0 spiro atoms. The lowest BCUT2D eigenvalue weighted by Crippen LogP contribution is -2.24. The molecule has 0 aromatic heterocycles. The summed E-state index contributed by atoms with van der Waals surface area (Å²) in [4.78, 5) is 11.9. The molecule has 0 fully saturated rings. The molecule has 0 aliphatic rings. The largest absolute Gasteiger partial charge is 0.494 e. The minimum absolute atomic E-state index is 0.0574. The minimum Gasteiger partial charge on any atom is -0.494 e. The fourth-order valence-corrected chi connectivity index (χ4v) is 2.42. The van der Waals surface area contributed by atoms with Crippen molar-refractivity contribution in [3.8, 4) is 5.75 Å². The summed E-state index contributed by atoms with van der Waals surface area (Å²) in [6, 6.07) is 13.4. The monoisotopic (exact) mass is 413 g/mol. The van der Waals surface area contributed by atoms with E-state index >= 15 is 0 Å². The average molecular weight is 413 g/mol. The van der Waals surface area contributed by atoms with Gasteiger partial charge in [0.05, 0.1) is 6.61 Å². The van der Waals surface area contributed by atoms with Crippen LogP contribution >= 0.6 is 22.6 Å². The molecular weight excluding hydrogens is 396 g/mol. The van der Waals surface area contributed by atoms with Gasteiger partial charge in [-0.15, -0.1) is 0 Å². The molecule has 0 bridgehead atoms. The Balaban J connectivity index is 1.61. The third-order valence-corrected chi connectivity index (χ3v) is 3.70. The van der Waals surface area contributed by atoms with Gasteiger partial charge in [0.15, 0.2) is 0 Å². The van der Waals surface area contributed by atoms with Crippen molar-refractivity contribution in [3.63, 3.8) is 0 Å². The van der Waals surface area contributed by atoms with E-state index in [0.717, 1.165) is 16.4 Å². The maximum Gasteiger partial charge on any atom is 0.251 e. The van der Waals surface area contributed by atoms with Crippen molar-refractivity contribution in [3.05, 3.63) is 63.5 Å². The van der Waals surface area contributed by atoms with Crippen LogP contribution in [0, 0.1) is 9.39 Å². The Labute approximate surface area is 143 Å². The molecule has 0 aliphatic carbocycles. The quantitative estimate of drug-likeness (QED) is 0.550. The molecule has 5 heteroatoms. The zero-order valence-electron chi connectivity index (χ0n) is 12.0. The molecular formula is C17H17FINO2. The zero-order chi connectivity index (χ0) is 15.8. The summed E-state index contributed by atoms with van der Waals surface area (Å²) in [6.45, 7) is 1.15. The van der Waals surface area contributed by atoms with Gasteiger partial charge < -0.3 is 10.1 Å². The van der Waals surface area contributed by atoms with Crippen LogP contribution in [-0.2, 0) is 0 Å².